The lowest BCUT2D eigenvalue weighted by atomic mass is 10.1. The Morgan fingerprint density at radius 2 is 2.10 bits per heavy atom. The second kappa shape index (κ2) is 6.04. The lowest BCUT2D eigenvalue weighted by Crippen LogP contribution is -2.50. The molecule has 1 aromatic carbocycles. The van der Waals surface area contributed by atoms with Crippen molar-refractivity contribution < 1.29 is 0 Å². The lowest BCUT2D eigenvalue weighted by molar-refractivity contribution is 0.234. The van der Waals surface area contributed by atoms with Gasteiger partial charge in [0.2, 0.25) is 0 Å². The third kappa shape index (κ3) is 3.35. The fourth-order valence-electron chi connectivity index (χ4n) is 2.81. The van der Waals surface area contributed by atoms with Gasteiger partial charge < -0.3 is 15.1 Å². The van der Waals surface area contributed by atoms with Crippen LogP contribution in [0.2, 0.25) is 0 Å². The smallest absolute Gasteiger partial charge is 0.0413 e. The molecule has 0 radical (unpaired) electrons. The highest BCUT2D eigenvalue weighted by Crippen LogP contribution is 2.28. The number of hydrogen-bond acceptors (Lipinski definition) is 3. The Hall–Kier alpha value is -0.580. The molecule has 0 amide bonds. The van der Waals surface area contributed by atoms with E-state index in [1.807, 2.05) is 0 Å². The molecule has 4 heteroatoms. The number of nitrogens with one attached hydrogen (secondary N) is 1. The third-order valence-electron chi connectivity index (χ3n) is 4.50. The van der Waals surface area contributed by atoms with Gasteiger partial charge >= 0.3 is 0 Å². The highest BCUT2D eigenvalue weighted by atomic mass is 79.9. The maximum absolute atomic E-state index is 3.64. The van der Waals surface area contributed by atoms with Crippen LogP contribution in [0.5, 0.6) is 0 Å². The van der Waals surface area contributed by atoms with Gasteiger partial charge in [-0.05, 0) is 50.6 Å². The van der Waals surface area contributed by atoms with Gasteiger partial charge in [0.1, 0.15) is 0 Å². The monoisotopic (exact) mass is 337 g/mol. The first-order valence-corrected chi connectivity index (χ1v) is 8.40. The number of rotatable bonds is 4. The number of hydrogen-bond donors (Lipinski definition) is 1. The number of nitrogens with zero attached hydrogens (tertiary/aromatic N) is 2. The van der Waals surface area contributed by atoms with Gasteiger partial charge in [-0.1, -0.05) is 15.9 Å². The summed E-state index contributed by atoms with van der Waals surface area (Å²) < 4.78 is 1.18. The van der Waals surface area contributed by atoms with Crippen molar-refractivity contribution in [3.05, 3.63) is 28.2 Å². The Labute approximate surface area is 130 Å². The number of piperazine rings is 1. The average Bonchev–Trinajstić information content (AvgIpc) is 3.24. The Kier molecular flexibility index (Phi) is 4.34. The molecule has 2 fully saturated rings. The molecule has 0 bridgehead atoms. The molecule has 3 rings (SSSR count). The zero-order valence-corrected chi connectivity index (χ0v) is 14.0. The molecule has 0 aromatic heterocycles. The minimum atomic E-state index is 0.622. The molecular weight excluding hydrogens is 314 g/mol. The van der Waals surface area contributed by atoms with Gasteiger partial charge in [-0.25, -0.2) is 0 Å². The summed E-state index contributed by atoms with van der Waals surface area (Å²) in [6.45, 7) is 6.69. The van der Waals surface area contributed by atoms with E-state index in [1.54, 1.807) is 0 Å². The van der Waals surface area contributed by atoms with Crippen LogP contribution in [0.15, 0.2) is 22.7 Å². The normalized spacial score (nSPS) is 24.1. The molecule has 1 aliphatic heterocycles. The fraction of sp³-hybridized carbons (Fsp3) is 0.625. The summed E-state index contributed by atoms with van der Waals surface area (Å²) in [7, 11) is 2.22. The zero-order chi connectivity index (χ0) is 14.1. The van der Waals surface area contributed by atoms with E-state index in [4.69, 9.17) is 0 Å². The maximum atomic E-state index is 3.64. The summed E-state index contributed by atoms with van der Waals surface area (Å²) in [5.41, 5.74) is 2.82. The molecule has 1 unspecified atom stereocenters. The van der Waals surface area contributed by atoms with Crippen molar-refractivity contribution in [2.45, 2.75) is 38.4 Å². The molecule has 1 aromatic rings. The molecule has 1 atom stereocenters. The number of benzene rings is 1. The zero-order valence-electron chi connectivity index (χ0n) is 12.4. The summed E-state index contributed by atoms with van der Waals surface area (Å²) in [5, 5.41) is 3.64. The quantitative estimate of drug-likeness (QED) is 0.911. The van der Waals surface area contributed by atoms with Crippen molar-refractivity contribution in [3.63, 3.8) is 0 Å². The minimum absolute atomic E-state index is 0.622. The van der Waals surface area contributed by atoms with E-state index in [9.17, 15) is 0 Å². The van der Waals surface area contributed by atoms with Crippen LogP contribution in [0.4, 0.5) is 5.69 Å². The van der Waals surface area contributed by atoms with Crippen LogP contribution in [0.25, 0.3) is 0 Å². The molecule has 1 aliphatic carbocycles. The topological polar surface area (TPSA) is 18.5 Å². The van der Waals surface area contributed by atoms with Gasteiger partial charge in [-0.2, -0.15) is 0 Å². The van der Waals surface area contributed by atoms with Crippen LogP contribution < -0.4 is 10.2 Å². The summed E-state index contributed by atoms with van der Waals surface area (Å²) in [4.78, 5) is 4.98. The summed E-state index contributed by atoms with van der Waals surface area (Å²) in [5.74, 6) is 0. The average molecular weight is 338 g/mol. The Bertz CT molecular complexity index is 473. The molecule has 3 nitrogen and oxygen atoms in total. The Morgan fingerprint density at radius 3 is 2.80 bits per heavy atom. The standard InChI is InChI=1S/C16H24BrN3/c1-12-11-20(8-7-19(12)2)16-6-3-14(17)9-13(16)10-18-15-4-5-15/h3,6,9,12,15,18H,4-5,7-8,10-11H2,1-2H3. The van der Waals surface area contributed by atoms with Crippen LogP contribution in [0, 0.1) is 0 Å². The number of anilines is 1. The van der Waals surface area contributed by atoms with Crippen LogP contribution in [0.3, 0.4) is 0 Å². The van der Waals surface area contributed by atoms with Gasteiger partial charge in [0.25, 0.3) is 0 Å². The fourth-order valence-corrected chi connectivity index (χ4v) is 3.22. The van der Waals surface area contributed by atoms with Crippen LogP contribution in [-0.2, 0) is 6.54 Å². The molecule has 1 saturated carbocycles. The van der Waals surface area contributed by atoms with Gasteiger partial charge in [0, 0.05) is 48.4 Å². The van der Waals surface area contributed by atoms with E-state index in [-0.39, 0.29) is 0 Å². The van der Waals surface area contributed by atoms with Crippen LogP contribution >= 0.6 is 15.9 Å². The third-order valence-corrected chi connectivity index (χ3v) is 4.99. The summed E-state index contributed by atoms with van der Waals surface area (Å²) >= 11 is 3.61. The van der Waals surface area contributed by atoms with Crippen molar-refractivity contribution >= 4 is 21.6 Å². The van der Waals surface area contributed by atoms with Gasteiger partial charge in [0.05, 0.1) is 0 Å². The molecular formula is C16H24BrN3. The maximum Gasteiger partial charge on any atom is 0.0413 e. The SMILES string of the molecule is CC1CN(c2ccc(Br)cc2CNC2CC2)CCN1C. The summed E-state index contributed by atoms with van der Waals surface area (Å²) in [6, 6.07) is 8.09. The molecule has 1 N–H and O–H groups in total. The largest absolute Gasteiger partial charge is 0.368 e. The van der Waals surface area contributed by atoms with Crippen molar-refractivity contribution in [3.8, 4) is 0 Å². The van der Waals surface area contributed by atoms with Crippen molar-refractivity contribution in [2.75, 3.05) is 31.6 Å². The molecule has 0 spiro atoms. The van der Waals surface area contributed by atoms with Gasteiger partial charge in [-0.15, -0.1) is 0 Å². The first-order valence-electron chi connectivity index (χ1n) is 7.60. The van der Waals surface area contributed by atoms with Crippen LogP contribution in [0.1, 0.15) is 25.3 Å². The number of likely N-dealkylation sites (N-methyl/N-ethyl adjacent to an activating group) is 1. The summed E-state index contributed by atoms with van der Waals surface area (Å²) in [6.07, 6.45) is 2.68. The van der Waals surface area contributed by atoms with Crippen LogP contribution in [-0.4, -0.2) is 43.7 Å². The minimum Gasteiger partial charge on any atom is -0.368 e. The predicted octanol–water partition coefficient (Wildman–Crippen LogP) is 2.84. The first kappa shape index (κ1) is 14.4. The molecule has 1 saturated heterocycles. The van der Waals surface area contributed by atoms with Crippen molar-refractivity contribution in [1.82, 2.24) is 10.2 Å². The highest BCUT2D eigenvalue weighted by Gasteiger charge is 2.24. The lowest BCUT2D eigenvalue weighted by Gasteiger charge is -2.39. The molecule has 110 valence electrons. The van der Waals surface area contributed by atoms with Gasteiger partial charge in [-0.3, -0.25) is 0 Å². The molecule has 2 aliphatic rings. The van der Waals surface area contributed by atoms with Crippen molar-refractivity contribution in [1.29, 1.82) is 0 Å². The molecule has 1 heterocycles. The first-order chi connectivity index (χ1) is 9.63. The molecule has 20 heavy (non-hydrogen) atoms. The van der Waals surface area contributed by atoms with E-state index in [1.165, 1.54) is 28.6 Å². The second-order valence-corrected chi connectivity index (χ2v) is 7.12. The highest BCUT2D eigenvalue weighted by molar-refractivity contribution is 9.10. The van der Waals surface area contributed by atoms with E-state index in [0.29, 0.717) is 6.04 Å². The van der Waals surface area contributed by atoms with Gasteiger partial charge in [0.15, 0.2) is 0 Å². The predicted molar refractivity (Wildman–Crippen MR) is 88.3 cm³/mol. The van der Waals surface area contributed by atoms with Crippen molar-refractivity contribution in [2.24, 2.45) is 0 Å². The second-order valence-electron chi connectivity index (χ2n) is 6.20. The van der Waals surface area contributed by atoms with E-state index >= 15 is 0 Å². The Morgan fingerprint density at radius 1 is 1.30 bits per heavy atom. The van der Waals surface area contributed by atoms with E-state index < -0.39 is 0 Å². The number of halogens is 1. The van der Waals surface area contributed by atoms with E-state index in [0.717, 1.165) is 32.2 Å². The van der Waals surface area contributed by atoms with E-state index in [2.05, 4.69) is 63.2 Å². The Balaban J connectivity index is 1.76.